The molecule has 1 aliphatic rings. The van der Waals surface area contributed by atoms with Gasteiger partial charge in [-0.05, 0) is 25.1 Å². The van der Waals surface area contributed by atoms with Crippen molar-refractivity contribution < 1.29 is 0 Å². The molecule has 1 heterocycles. The van der Waals surface area contributed by atoms with E-state index in [0.717, 1.165) is 13.1 Å². The maximum atomic E-state index is 4.96. The second kappa shape index (κ2) is 5.35. The fourth-order valence-corrected chi connectivity index (χ4v) is 1.75. The minimum absolute atomic E-state index is 0.392. The van der Waals surface area contributed by atoms with Crippen molar-refractivity contribution >= 4 is 58.3 Å². The first-order valence-electron chi connectivity index (χ1n) is 3.89. The number of thiocarbonyl (C=S) groups is 2. The van der Waals surface area contributed by atoms with Crippen molar-refractivity contribution in [3.63, 3.8) is 0 Å². The first-order chi connectivity index (χ1) is 6.11. The molecule has 0 amide bonds. The van der Waals surface area contributed by atoms with Gasteiger partial charge >= 0.3 is 0 Å². The molecule has 0 atom stereocenters. The van der Waals surface area contributed by atoms with E-state index < -0.39 is 0 Å². The molecule has 7 heteroatoms. The van der Waals surface area contributed by atoms with Crippen molar-refractivity contribution in [3.8, 4) is 0 Å². The van der Waals surface area contributed by atoms with Crippen LogP contribution in [0.25, 0.3) is 0 Å². The summed E-state index contributed by atoms with van der Waals surface area (Å²) in [7, 11) is 0. The summed E-state index contributed by atoms with van der Waals surface area (Å²) in [6.45, 7) is 1.95. The van der Waals surface area contributed by atoms with E-state index in [9.17, 15) is 0 Å². The Kier molecular flexibility index (Phi) is 4.74. The lowest BCUT2D eigenvalue weighted by atomic mass is 10.4. The molecule has 0 saturated carbocycles. The zero-order valence-electron chi connectivity index (χ0n) is 6.93. The van der Waals surface area contributed by atoms with Crippen LogP contribution in [0.4, 0.5) is 0 Å². The van der Waals surface area contributed by atoms with Gasteiger partial charge in [0.05, 0.1) is 0 Å². The Morgan fingerprint density at radius 2 is 1.77 bits per heavy atom. The van der Waals surface area contributed by atoms with Crippen LogP contribution in [0.5, 0.6) is 0 Å². The van der Waals surface area contributed by atoms with Gasteiger partial charge < -0.3 is 0 Å². The average molecular weight is 253 g/mol. The van der Waals surface area contributed by atoms with Crippen molar-refractivity contribution in [2.45, 2.75) is 12.8 Å². The van der Waals surface area contributed by atoms with Crippen LogP contribution >= 0.6 is 49.7 Å². The Labute approximate surface area is 99.6 Å². The van der Waals surface area contributed by atoms with Crippen molar-refractivity contribution in [2.75, 3.05) is 13.1 Å². The molecule has 0 unspecified atom stereocenters. The van der Waals surface area contributed by atoms with Crippen molar-refractivity contribution in [1.29, 1.82) is 0 Å². The minimum atomic E-state index is 0.392. The highest BCUT2D eigenvalue weighted by molar-refractivity contribution is 8.11. The van der Waals surface area contributed by atoms with E-state index >= 15 is 0 Å². The van der Waals surface area contributed by atoms with Crippen LogP contribution in [-0.4, -0.2) is 31.9 Å². The Bertz CT molecular complexity index is 214. The molecule has 1 aliphatic heterocycles. The Balaban J connectivity index is 2.55. The van der Waals surface area contributed by atoms with E-state index in [2.05, 4.69) is 35.7 Å². The topological polar surface area (TPSA) is 18.5 Å². The van der Waals surface area contributed by atoms with Gasteiger partial charge in [-0.3, -0.25) is 5.43 Å². The number of nitrogens with zero attached hydrogens (tertiary/aromatic N) is 2. The van der Waals surface area contributed by atoms with E-state index in [0.29, 0.717) is 8.64 Å². The SMILES string of the molecule is S=C(S)NN(C(=S)S)N1CCCC1. The molecule has 3 nitrogen and oxygen atoms in total. The maximum Gasteiger partial charge on any atom is 0.169 e. The molecule has 0 radical (unpaired) electrons. The largest absolute Gasteiger partial charge is 0.267 e. The van der Waals surface area contributed by atoms with Gasteiger partial charge in [-0.25, -0.2) is 5.01 Å². The molecule has 0 aromatic carbocycles. The Morgan fingerprint density at radius 1 is 1.23 bits per heavy atom. The highest BCUT2D eigenvalue weighted by atomic mass is 32.1. The van der Waals surface area contributed by atoms with Crippen LogP contribution in [0.3, 0.4) is 0 Å². The van der Waals surface area contributed by atoms with Crippen LogP contribution in [-0.2, 0) is 0 Å². The Hall–Kier alpha value is 0.440. The number of hydrogen-bond donors (Lipinski definition) is 3. The summed E-state index contributed by atoms with van der Waals surface area (Å²) in [5.74, 6) is 0. The first kappa shape index (κ1) is 11.5. The highest BCUT2D eigenvalue weighted by Crippen LogP contribution is 2.11. The van der Waals surface area contributed by atoms with Crippen LogP contribution in [0.15, 0.2) is 0 Å². The van der Waals surface area contributed by atoms with Crippen LogP contribution in [0.2, 0.25) is 0 Å². The van der Waals surface area contributed by atoms with E-state index in [4.69, 9.17) is 24.4 Å². The third-order valence-electron chi connectivity index (χ3n) is 1.75. The smallest absolute Gasteiger partial charge is 0.169 e. The fraction of sp³-hybridized carbons (Fsp3) is 0.667. The first-order valence-corrected chi connectivity index (χ1v) is 5.60. The lowest BCUT2D eigenvalue weighted by Crippen LogP contribution is -2.51. The van der Waals surface area contributed by atoms with Gasteiger partial charge in [-0.2, -0.15) is 5.12 Å². The molecule has 0 aliphatic carbocycles. The van der Waals surface area contributed by atoms with Crippen LogP contribution in [0, 0.1) is 0 Å². The summed E-state index contributed by atoms with van der Waals surface area (Å²) < 4.78 is 0.849. The van der Waals surface area contributed by atoms with Gasteiger partial charge in [0, 0.05) is 13.1 Å². The molecule has 0 aromatic heterocycles. The molecule has 0 aromatic rings. The molecular formula is C6H11N3S4. The summed E-state index contributed by atoms with van der Waals surface area (Å²) in [5.41, 5.74) is 2.86. The monoisotopic (exact) mass is 253 g/mol. The third-order valence-corrected chi connectivity index (χ3v) is 2.30. The van der Waals surface area contributed by atoms with Crippen molar-refractivity contribution in [3.05, 3.63) is 0 Å². The molecule has 1 N–H and O–H groups in total. The normalized spacial score (nSPS) is 17.1. The second-order valence-electron chi connectivity index (χ2n) is 2.67. The average Bonchev–Trinajstić information content (AvgIpc) is 2.50. The molecule has 74 valence electrons. The molecule has 1 saturated heterocycles. The minimum Gasteiger partial charge on any atom is -0.267 e. The molecule has 1 fully saturated rings. The van der Waals surface area contributed by atoms with Gasteiger partial charge in [0.25, 0.3) is 0 Å². The van der Waals surface area contributed by atoms with Gasteiger partial charge in [0.1, 0.15) is 0 Å². The zero-order chi connectivity index (χ0) is 9.84. The second-order valence-corrected chi connectivity index (χ2v) is 4.94. The Morgan fingerprint density at radius 3 is 2.15 bits per heavy atom. The highest BCUT2D eigenvalue weighted by Gasteiger charge is 2.20. The summed E-state index contributed by atoms with van der Waals surface area (Å²) in [6.07, 6.45) is 2.35. The van der Waals surface area contributed by atoms with E-state index in [1.807, 2.05) is 0 Å². The predicted octanol–water partition coefficient (Wildman–Crippen LogP) is 1.23. The maximum absolute atomic E-state index is 4.96. The van der Waals surface area contributed by atoms with Gasteiger partial charge in [-0.15, -0.1) is 25.3 Å². The van der Waals surface area contributed by atoms with Crippen molar-refractivity contribution in [1.82, 2.24) is 15.6 Å². The summed E-state index contributed by atoms with van der Waals surface area (Å²) in [6, 6.07) is 0. The predicted molar refractivity (Wildman–Crippen MR) is 68.9 cm³/mol. The third kappa shape index (κ3) is 3.59. The number of hydrogen-bond acceptors (Lipinski definition) is 3. The lowest BCUT2D eigenvalue weighted by molar-refractivity contribution is 0.0562. The van der Waals surface area contributed by atoms with E-state index in [-0.39, 0.29) is 0 Å². The number of nitrogens with one attached hydrogen (secondary N) is 1. The van der Waals surface area contributed by atoms with Gasteiger partial charge in [-0.1, -0.05) is 12.2 Å². The molecule has 0 spiro atoms. The molecule has 0 bridgehead atoms. The van der Waals surface area contributed by atoms with E-state index in [1.165, 1.54) is 12.8 Å². The summed E-state index contributed by atoms with van der Waals surface area (Å²) in [4.78, 5) is 0. The quantitative estimate of drug-likeness (QED) is 0.370. The number of rotatable bonds is 1. The van der Waals surface area contributed by atoms with Crippen LogP contribution < -0.4 is 5.43 Å². The summed E-state index contributed by atoms with van der Waals surface area (Å²) in [5, 5.41) is 3.73. The number of thiol groups is 2. The fourth-order valence-electron chi connectivity index (χ4n) is 1.23. The molecule has 1 rings (SSSR count). The standard InChI is InChI=1S/C6H11N3S4/c10-5(11)7-9(6(12)13)8-3-1-2-4-8/h1-4H2,(H,12,13)(H2,7,10,11). The molecule has 13 heavy (non-hydrogen) atoms. The van der Waals surface area contributed by atoms with Gasteiger partial charge in [0.2, 0.25) is 0 Å². The summed E-state index contributed by atoms with van der Waals surface area (Å²) >= 11 is 17.9. The zero-order valence-corrected chi connectivity index (χ0v) is 10.4. The molecular weight excluding hydrogens is 242 g/mol. The van der Waals surface area contributed by atoms with Crippen molar-refractivity contribution in [2.24, 2.45) is 0 Å². The van der Waals surface area contributed by atoms with E-state index in [1.54, 1.807) is 5.12 Å². The number of hydrazine groups is 2. The van der Waals surface area contributed by atoms with Gasteiger partial charge in [0.15, 0.2) is 8.64 Å². The van der Waals surface area contributed by atoms with Crippen LogP contribution in [0.1, 0.15) is 12.8 Å². The lowest BCUT2D eigenvalue weighted by Gasteiger charge is -2.31.